The fourth-order valence-electron chi connectivity index (χ4n) is 2.31. The third-order valence-corrected chi connectivity index (χ3v) is 3.58. The second kappa shape index (κ2) is 8.45. The number of carbonyl (C=O) groups excluding carboxylic acids is 1. The van der Waals surface area contributed by atoms with Gasteiger partial charge in [0.15, 0.2) is 0 Å². The summed E-state index contributed by atoms with van der Waals surface area (Å²) < 4.78 is 0. The van der Waals surface area contributed by atoms with Crippen molar-refractivity contribution in [2.24, 2.45) is 5.10 Å². The Morgan fingerprint density at radius 1 is 0.840 bits per heavy atom. The van der Waals surface area contributed by atoms with Gasteiger partial charge in [0.05, 0.1) is 12.8 Å². The SMILES string of the molecule is O=C(Nc1ccccc1)N(Cc1ccccc1)/N=C/c1ccccc1. The van der Waals surface area contributed by atoms with E-state index in [0.717, 1.165) is 16.8 Å². The number of anilines is 1. The molecule has 3 aromatic rings. The summed E-state index contributed by atoms with van der Waals surface area (Å²) in [6.07, 6.45) is 1.69. The van der Waals surface area contributed by atoms with Crippen molar-refractivity contribution < 1.29 is 4.79 Å². The maximum Gasteiger partial charge on any atom is 0.342 e. The van der Waals surface area contributed by atoms with Gasteiger partial charge in [0.25, 0.3) is 0 Å². The van der Waals surface area contributed by atoms with Crippen LogP contribution in [-0.2, 0) is 6.54 Å². The van der Waals surface area contributed by atoms with E-state index in [1.54, 1.807) is 6.21 Å². The predicted molar refractivity (Wildman–Crippen MR) is 101 cm³/mol. The Labute approximate surface area is 147 Å². The van der Waals surface area contributed by atoms with Crippen molar-refractivity contribution in [1.29, 1.82) is 0 Å². The first kappa shape index (κ1) is 16.5. The fraction of sp³-hybridized carbons (Fsp3) is 0.0476. The Hall–Kier alpha value is -3.40. The van der Waals surface area contributed by atoms with Crippen LogP contribution in [0.4, 0.5) is 10.5 Å². The molecule has 124 valence electrons. The lowest BCUT2D eigenvalue weighted by Crippen LogP contribution is -2.30. The molecule has 0 aliphatic carbocycles. The van der Waals surface area contributed by atoms with Crippen LogP contribution < -0.4 is 5.32 Å². The number of carbonyl (C=O) groups is 1. The smallest absolute Gasteiger partial charge is 0.306 e. The number of rotatable bonds is 5. The van der Waals surface area contributed by atoms with E-state index in [0.29, 0.717) is 6.54 Å². The highest BCUT2D eigenvalue weighted by Crippen LogP contribution is 2.10. The first-order valence-electron chi connectivity index (χ1n) is 8.08. The van der Waals surface area contributed by atoms with Gasteiger partial charge in [-0.2, -0.15) is 5.10 Å². The van der Waals surface area contributed by atoms with Gasteiger partial charge in [-0.1, -0.05) is 78.9 Å². The van der Waals surface area contributed by atoms with Gasteiger partial charge in [-0.05, 0) is 23.3 Å². The summed E-state index contributed by atoms with van der Waals surface area (Å²) in [6.45, 7) is 0.392. The Bertz CT molecular complexity index is 818. The summed E-state index contributed by atoms with van der Waals surface area (Å²) in [4.78, 5) is 12.6. The van der Waals surface area contributed by atoms with E-state index >= 15 is 0 Å². The number of hydrogen-bond acceptors (Lipinski definition) is 2. The van der Waals surface area contributed by atoms with Crippen LogP contribution in [0.5, 0.6) is 0 Å². The number of para-hydroxylation sites is 1. The normalized spacial score (nSPS) is 10.6. The number of nitrogens with one attached hydrogen (secondary N) is 1. The number of nitrogens with zero attached hydrogens (tertiary/aromatic N) is 2. The summed E-state index contributed by atoms with van der Waals surface area (Å²) in [5, 5.41) is 8.68. The molecule has 0 saturated heterocycles. The van der Waals surface area contributed by atoms with E-state index in [9.17, 15) is 4.79 Å². The minimum atomic E-state index is -0.276. The maximum atomic E-state index is 12.6. The summed E-state index contributed by atoms with van der Waals surface area (Å²) in [5.74, 6) is 0. The van der Waals surface area contributed by atoms with Crippen LogP contribution in [-0.4, -0.2) is 17.3 Å². The van der Waals surface area contributed by atoms with Crippen molar-refractivity contribution in [1.82, 2.24) is 5.01 Å². The summed E-state index contributed by atoms with van der Waals surface area (Å²) in [5.41, 5.74) is 2.68. The van der Waals surface area contributed by atoms with Crippen molar-refractivity contribution in [3.05, 3.63) is 102 Å². The molecule has 4 nitrogen and oxygen atoms in total. The highest BCUT2D eigenvalue weighted by Gasteiger charge is 2.13. The minimum absolute atomic E-state index is 0.276. The van der Waals surface area contributed by atoms with Crippen molar-refractivity contribution in [2.45, 2.75) is 6.54 Å². The fourth-order valence-corrected chi connectivity index (χ4v) is 2.31. The van der Waals surface area contributed by atoms with Gasteiger partial charge in [-0.25, -0.2) is 9.80 Å². The standard InChI is InChI=1S/C21H19N3O/c25-21(23-20-14-8-3-9-15-20)24(17-19-12-6-2-7-13-19)22-16-18-10-4-1-5-11-18/h1-16H,17H2,(H,23,25)/b22-16+. The van der Waals surface area contributed by atoms with Crippen LogP contribution >= 0.6 is 0 Å². The molecule has 4 heteroatoms. The molecular weight excluding hydrogens is 310 g/mol. The molecule has 25 heavy (non-hydrogen) atoms. The number of amides is 2. The van der Waals surface area contributed by atoms with E-state index < -0.39 is 0 Å². The highest BCUT2D eigenvalue weighted by molar-refractivity contribution is 5.90. The monoisotopic (exact) mass is 329 g/mol. The number of hydrogen-bond donors (Lipinski definition) is 1. The van der Waals surface area contributed by atoms with E-state index in [4.69, 9.17) is 0 Å². The first-order chi connectivity index (χ1) is 12.3. The zero-order valence-corrected chi connectivity index (χ0v) is 13.7. The molecular formula is C21H19N3O. The number of urea groups is 1. The number of benzene rings is 3. The molecule has 3 aromatic carbocycles. The first-order valence-corrected chi connectivity index (χ1v) is 8.08. The third-order valence-electron chi connectivity index (χ3n) is 3.58. The zero-order chi connectivity index (χ0) is 17.3. The Morgan fingerprint density at radius 2 is 1.40 bits per heavy atom. The largest absolute Gasteiger partial charge is 0.342 e. The van der Waals surface area contributed by atoms with Gasteiger partial charge >= 0.3 is 6.03 Å². The highest BCUT2D eigenvalue weighted by atomic mass is 16.2. The summed E-state index contributed by atoms with van der Waals surface area (Å²) in [6, 6.07) is 28.6. The van der Waals surface area contributed by atoms with Crippen LogP contribution in [0.25, 0.3) is 0 Å². The molecule has 2 amide bonds. The molecule has 0 bridgehead atoms. The summed E-state index contributed by atoms with van der Waals surface area (Å²) in [7, 11) is 0. The van der Waals surface area contributed by atoms with Crippen molar-refractivity contribution in [2.75, 3.05) is 5.32 Å². The lowest BCUT2D eigenvalue weighted by atomic mass is 10.2. The molecule has 3 rings (SSSR count). The molecule has 0 aliphatic rings. The van der Waals surface area contributed by atoms with Crippen LogP contribution in [0.2, 0.25) is 0 Å². The van der Waals surface area contributed by atoms with Gasteiger partial charge in [0.1, 0.15) is 0 Å². The lowest BCUT2D eigenvalue weighted by molar-refractivity contribution is 0.212. The maximum absolute atomic E-state index is 12.6. The predicted octanol–water partition coefficient (Wildman–Crippen LogP) is 4.75. The zero-order valence-electron chi connectivity index (χ0n) is 13.7. The van der Waals surface area contributed by atoms with Gasteiger partial charge in [-0.15, -0.1) is 0 Å². The van der Waals surface area contributed by atoms with Crippen molar-refractivity contribution in [3.63, 3.8) is 0 Å². The molecule has 0 saturated carbocycles. The van der Waals surface area contributed by atoms with Gasteiger partial charge in [0, 0.05) is 5.69 Å². The molecule has 0 heterocycles. The second-order valence-electron chi connectivity index (χ2n) is 5.49. The minimum Gasteiger partial charge on any atom is -0.306 e. The molecule has 0 aromatic heterocycles. The van der Waals surface area contributed by atoms with Crippen molar-refractivity contribution in [3.8, 4) is 0 Å². The van der Waals surface area contributed by atoms with Gasteiger partial charge in [-0.3, -0.25) is 0 Å². The van der Waals surface area contributed by atoms with E-state index in [1.165, 1.54) is 5.01 Å². The Kier molecular flexibility index (Phi) is 5.56. The van der Waals surface area contributed by atoms with Gasteiger partial charge < -0.3 is 5.32 Å². The molecule has 0 unspecified atom stereocenters. The second-order valence-corrected chi connectivity index (χ2v) is 5.49. The van der Waals surface area contributed by atoms with Crippen LogP contribution in [0, 0.1) is 0 Å². The van der Waals surface area contributed by atoms with E-state index in [2.05, 4.69) is 10.4 Å². The average Bonchev–Trinajstić information content (AvgIpc) is 2.67. The molecule has 0 fully saturated rings. The molecule has 0 aliphatic heterocycles. The molecule has 0 spiro atoms. The molecule has 1 N–H and O–H groups in total. The average molecular weight is 329 g/mol. The Morgan fingerprint density at radius 3 is 2.04 bits per heavy atom. The topological polar surface area (TPSA) is 44.7 Å². The van der Waals surface area contributed by atoms with Gasteiger partial charge in [0.2, 0.25) is 0 Å². The van der Waals surface area contributed by atoms with Crippen LogP contribution in [0.15, 0.2) is 96.1 Å². The summed E-state index contributed by atoms with van der Waals surface area (Å²) >= 11 is 0. The third kappa shape index (κ3) is 5.04. The Balaban J connectivity index is 1.78. The number of hydrazone groups is 1. The molecule has 0 atom stereocenters. The van der Waals surface area contributed by atoms with Crippen molar-refractivity contribution >= 4 is 17.9 Å². The quantitative estimate of drug-likeness (QED) is 0.532. The van der Waals surface area contributed by atoms with Crippen LogP contribution in [0.3, 0.4) is 0 Å². The van der Waals surface area contributed by atoms with E-state index in [-0.39, 0.29) is 6.03 Å². The van der Waals surface area contributed by atoms with Crippen LogP contribution in [0.1, 0.15) is 11.1 Å². The lowest BCUT2D eigenvalue weighted by Gasteiger charge is -2.18. The molecule has 0 radical (unpaired) electrons. The van der Waals surface area contributed by atoms with E-state index in [1.807, 2.05) is 91.0 Å².